The zero-order valence-electron chi connectivity index (χ0n) is 12.6. The Morgan fingerprint density at radius 3 is 3.05 bits per heavy atom. The standard InChI is InChI=1S/C15H24N4O2/c1-2-7-17-14-10-16-9-13(18-14)15(21)19-8-5-3-4-6-12(19)11-20/h9-10,12,20H,2-8,11H2,1H3,(H,17,18). The van der Waals surface area contributed by atoms with Crippen molar-refractivity contribution in [3.8, 4) is 0 Å². The third-order valence-corrected chi connectivity index (χ3v) is 3.76. The summed E-state index contributed by atoms with van der Waals surface area (Å²) in [6.07, 6.45) is 8.09. The first kappa shape index (κ1) is 15.7. The number of aromatic nitrogens is 2. The van der Waals surface area contributed by atoms with Crippen molar-refractivity contribution in [2.75, 3.05) is 25.0 Å². The van der Waals surface area contributed by atoms with Crippen LogP contribution in [-0.2, 0) is 0 Å². The lowest BCUT2D eigenvalue weighted by Gasteiger charge is -2.28. The molecule has 2 rings (SSSR count). The molecule has 1 saturated heterocycles. The highest BCUT2D eigenvalue weighted by molar-refractivity contribution is 5.92. The number of nitrogens with zero attached hydrogens (tertiary/aromatic N) is 3. The van der Waals surface area contributed by atoms with Gasteiger partial charge in [0.1, 0.15) is 11.5 Å². The quantitative estimate of drug-likeness (QED) is 0.863. The molecule has 116 valence electrons. The van der Waals surface area contributed by atoms with Crippen molar-refractivity contribution in [2.45, 2.75) is 45.1 Å². The van der Waals surface area contributed by atoms with Gasteiger partial charge in [0.15, 0.2) is 0 Å². The Morgan fingerprint density at radius 1 is 1.43 bits per heavy atom. The van der Waals surface area contributed by atoms with Crippen LogP contribution in [0.1, 0.15) is 49.5 Å². The van der Waals surface area contributed by atoms with E-state index in [9.17, 15) is 9.90 Å². The summed E-state index contributed by atoms with van der Waals surface area (Å²) in [5, 5.41) is 12.6. The topological polar surface area (TPSA) is 78.4 Å². The number of amides is 1. The molecule has 1 aromatic heterocycles. The first-order valence-corrected chi connectivity index (χ1v) is 7.74. The second-order valence-electron chi connectivity index (χ2n) is 5.40. The number of likely N-dealkylation sites (tertiary alicyclic amines) is 1. The predicted octanol–water partition coefficient (Wildman–Crippen LogP) is 1.68. The average Bonchev–Trinajstić information content (AvgIpc) is 2.77. The van der Waals surface area contributed by atoms with Crippen LogP contribution in [0.2, 0.25) is 0 Å². The Labute approximate surface area is 125 Å². The monoisotopic (exact) mass is 292 g/mol. The third kappa shape index (κ3) is 4.14. The Kier molecular flexibility index (Phi) is 5.92. The van der Waals surface area contributed by atoms with Crippen LogP contribution >= 0.6 is 0 Å². The predicted molar refractivity (Wildman–Crippen MR) is 81.2 cm³/mol. The highest BCUT2D eigenvalue weighted by Gasteiger charge is 2.26. The van der Waals surface area contributed by atoms with E-state index in [1.54, 1.807) is 11.1 Å². The van der Waals surface area contributed by atoms with Crippen molar-refractivity contribution >= 4 is 11.7 Å². The van der Waals surface area contributed by atoms with Crippen LogP contribution in [0.3, 0.4) is 0 Å². The molecule has 1 aromatic rings. The largest absolute Gasteiger partial charge is 0.394 e. The Balaban J connectivity index is 2.13. The lowest BCUT2D eigenvalue weighted by atomic mass is 10.1. The minimum Gasteiger partial charge on any atom is -0.394 e. The molecule has 2 N–H and O–H groups in total. The number of carbonyl (C=O) groups is 1. The van der Waals surface area contributed by atoms with Gasteiger partial charge in [0.05, 0.1) is 25.0 Å². The number of hydrogen-bond acceptors (Lipinski definition) is 5. The zero-order valence-corrected chi connectivity index (χ0v) is 12.6. The SMILES string of the molecule is CCCNc1cncc(C(=O)N2CCCCCC2CO)n1. The molecule has 0 bridgehead atoms. The van der Waals surface area contributed by atoms with E-state index in [2.05, 4.69) is 22.2 Å². The van der Waals surface area contributed by atoms with Crippen molar-refractivity contribution in [3.05, 3.63) is 18.1 Å². The van der Waals surface area contributed by atoms with Gasteiger partial charge in [-0.1, -0.05) is 19.8 Å². The van der Waals surface area contributed by atoms with Crippen LogP contribution in [0.5, 0.6) is 0 Å². The maximum Gasteiger partial charge on any atom is 0.274 e. The number of aliphatic hydroxyl groups is 1. The maximum absolute atomic E-state index is 12.6. The summed E-state index contributed by atoms with van der Waals surface area (Å²) >= 11 is 0. The van der Waals surface area contributed by atoms with Crippen LogP contribution in [-0.4, -0.2) is 51.6 Å². The Bertz CT molecular complexity index is 467. The molecule has 0 saturated carbocycles. The number of nitrogens with one attached hydrogen (secondary N) is 1. The molecule has 0 aliphatic carbocycles. The summed E-state index contributed by atoms with van der Waals surface area (Å²) in [5.74, 6) is 0.488. The maximum atomic E-state index is 12.6. The number of rotatable bonds is 5. The summed E-state index contributed by atoms with van der Waals surface area (Å²) in [5.41, 5.74) is 0.344. The summed E-state index contributed by atoms with van der Waals surface area (Å²) < 4.78 is 0. The van der Waals surface area contributed by atoms with Crippen LogP contribution in [0.25, 0.3) is 0 Å². The average molecular weight is 292 g/mol. The minimum atomic E-state index is -0.136. The van der Waals surface area contributed by atoms with Gasteiger partial charge in [0.2, 0.25) is 0 Å². The van der Waals surface area contributed by atoms with E-state index >= 15 is 0 Å². The van der Waals surface area contributed by atoms with Gasteiger partial charge in [0.25, 0.3) is 5.91 Å². The third-order valence-electron chi connectivity index (χ3n) is 3.76. The molecule has 21 heavy (non-hydrogen) atoms. The first-order valence-electron chi connectivity index (χ1n) is 7.74. The van der Waals surface area contributed by atoms with E-state index in [-0.39, 0.29) is 18.6 Å². The van der Waals surface area contributed by atoms with Crippen LogP contribution in [0, 0.1) is 0 Å². The zero-order chi connectivity index (χ0) is 15.1. The molecule has 1 amide bonds. The smallest absolute Gasteiger partial charge is 0.274 e. The van der Waals surface area contributed by atoms with Gasteiger partial charge >= 0.3 is 0 Å². The summed E-state index contributed by atoms with van der Waals surface area (Å²) in [7, 11) is 0. The van der Waals surface area contributed by atoms with Gasteiger partial charge in [-0.2, -0.15) is 0 Å². The van der Waals surface area contributed by atoms with Crippen LogP contribution < -0.4 is 5.32 Å². The molecule has 0 radical (unpaired) electrons. The second kappa shape index (κ2) is 7.93. The molecule has 1 aliphatic rings. The van der Waals surface area contributed by atoms with Gasteiger partial charge in [-0.05, 0) is 19.3 Å². The molecule has 6 nitrogen and oxygen atoms in total. The molecular formula is C15H24N4O2. The van der Waals surface area contributed by atoms with Crippen molar-refractivity contribution in [3.63, 3.8) is 0 Å². The fourth-order valence-electron chi connectivity index (χ4n) is 2.59. The Hall–Kier alpha value is -1.69. The van der Waals surface area contributed by atoms with E-state index < -0.39 is 0 Å². The second-order valence-corrected chi connectivity index (χ2v) is 5.40. The normalized spacial score (nSPS) is 19.1. The summed E-state index contributed by atoms with van der Waals surface area (Å²) in [4.78, 5) is 22.8. The molecule has 1 unspecified atom stereocenters. The van der Waals surface area contributed by atoms with E-state index in [0.29, 0.717) is 18.1 Å². The molecule has 0 aromatic carbocycles. The molecule has 1 aliphatic heterocycles. The van der Waals surface area contributed by atoms with E-state index in [1.165, 1.54) is 6.20 Å². The van der Waals surface area contributed by atoms with Crippen molar-refractivity contribution in [1.82, 2.24) is 14.9 Å². The van der Waals surface area contributed by atoms with Crippen molar-refractivity contribution < 1.29 is 9.90 Å². The van der Waals surface area contributed by atoms with E-state index in [0.717, 1.165) is 38.6 Å². The van der Waals surface area contributed by atoms with Gasteiger partial charge in [-0.15, -0.1) is 0 Å². The first-order chi connectivity index (χ1) is 10.3. The van der Waals surface area contributed by atoms with Crippen molar-refractivity contribution in [2.24, 2.45) is 0 Å². The van der Waals surface area contributed by atoms with Gasteiger partial charge in [-0.3, -0.25) is 9.78 Å². The molecule has 2 heterocycles. The molecule has 0 spiro atoms. The minimum absolute atomic E-state index is 0.00689. The number of hydrogen-bond donors (Lipinski definition) is 2. The van der Waals surface area contributed by atoms with Crippen LogP contribution in [0.4, 0.5) is 5.82 Å². The Morgan fingerprint density at radius 2 is 2.29 bits per heavy atom. The summed E-state index contributed by atoms with van der Waals surface area (Å²) in [6.45, 7) is 3.55. The lowest BCUT2D eigenvalue weighted by Crippen LogP contribution is -2.42. The highest BCUT2D eigenvalue weighted by Crippen LogP contribution is 2.18. The van der Waals surface area contributed by atoms with Crippen LogP contribution in [0.15, 0.2) is 12.4 Å². The van der Waals surface area contributed by atoms with Crippen molar-refractivity contribution in [1.29, 1.82) is 0 Å². The summed E-state index contributed by atoms with van der Waals surface area (Å²) in [6, 6.07) is -0.103. The van der Waals surface area contributed by atoms with Gasteiger partial charge in [0, 0.05) is 13.1 Å². The fraction of sp³-hybridized carbons (Fsp3) is 0.667. The van der Waals surface area contributed by atoms with Gasteiger partial charge in [-0.25, -0.2) is 4.98 Å². The molecular weight excluding hydrogens is 268 g/mol. The van der Waals surface area contributed by atoms with Gasteiger partial charge < -0.3 is 15.3 Å². The highest BCUT2D eigenvalue weighted by atomic mass is 16.3. The number of carbonyl (C=O) groups excluding carboxylic acids is 1. The molecule has 1 fully saturated rings. The fourth-order valence-corrected chi connectivity index (χ4v) is 2.59. The molecule has 1 atom stereocenters. The molecule has 6 heteroatoms. The lowest BCUT2D eigenvalue weighted by molar-refractivity contribution is 0.0593. The van der Waals surface area contributed by atoms with E-state index in [4.69, 9.17) is 0 Å². The number of aliphatic hydroxyl groups excluding tert-OH is 1. The van der Waals surface area contributed by atoms with E-state index in [1.807, 2.05) is 0 Å². The number of anilines is 1.